The lowest BCUT2D eigenvalue weighted by Crippen LogP contribution is -2.33. The molecule has 0 bridgehead atoms. The smallest absolute Gasteiger partial charge is 0.0462 e. The Morgan fingerprint density at radius 1 is 1.27 bits per heavy atom. The number of ether oxygens (including phenoxy) is 1. The van der Waals surface area contributed by atoms with Gasteiger partial charge in [0.1, 0.15) is 0 Å². The summed E-state index contributed by atoms with van der Waals surface area (Å²) in [7, 11) is 1.78. The van der Waals surface area contributed by atoms with E-state index in [1.165, 1.54) is 45.2 Å². The second-order valence-corrected chi connectivity index (χ2v) is 4.87. The van der Waals surface area contributed by atoms with Crippen LogP contribution in [0, 0.1) is 0 Å². The van der Waals surface area contributed by atoms with Crippen LogP contribution in [0.1, 0.15) is 32.1 Å². The normalized spacial score (nSPS) is 27.4. The molecule has 1 heterocycles. The molecule has 0 aromatic rings. The molecule has 1 aliphatic heterocycles. The fraction of sp³-hybridized carbons (Fsp3) is 1.00. The van der Waals surface area contributed by atoms with Crippen molar-refractivity contribution in [3.8, 4) is 0 Å². The Bertz CT molecular complexity index is 182. The molecule has 2 rings (SSSR count). The Balaban J connectivity index is 1.49. The van der Waals surface area contributed by atoms with Crippen LogP contribution in [0.3, 0.4) is 0 Å². The van der Waals surface area contributed by atoms with Crippen LogP contribution in [-0.2, 0) is 4.74 Å². The van der Waals surface area contributed by atoms with Crippen molar-refractivity contribution in [3.05, 3.63) is 0 Å². The van der Waals surface area contributed by atoms with Crippen molar-refractivity contribution < 1.29 is 4.74 Å². The fourth-order valence-electron chi connectivity index (χ4n) is 2.40. The van der Waals surface area contributed by atoms with Crippen molar-refractivity contribution in [2.24, 2.45) is 0 Å². The SMILES string of the molecule is COCCCCNC1CCN(C2CC2)C1. The van der Waals surface area contributed by atoms with Gasteiger partial charge in [-0.05, 0) is 38.6 Å². The van der Waals surface area contributed by atoms with Crippen molar-refractivity contribution in [3.63, 3.8) is 0 Å². The van der Waals surface area contributed by atoms with Gasteiger partial charge in [0, 0.05) is 38.9 Å². The molecule has 2 fully saturated rings. The van der Waals surface area contributed by atoms with Crippen LogP contribution in [0.15, 0.2) is 0 Å². The molecule has 0 radical (unpaired) electrons. The van der Waals surface area contributed by atoms with E-state index in [2.05, 4.69) is 10.2 Å². The summed E-state index contributed by atoms with van der Waals surface area (Å²) in [4.78, 5) is 2.66. The summed E-state index contributed by atoms with van der Waals surface area (Å²) in [6.45, 7) is 4.67. The molecule has 1 atom stereocenters. The standard InChI is InChI=1S/C12H24N2O/c1-15-9-3-2-7-13-11-6-8-14(10-11)12-4-5-12/h11-13H,2-10H2,1H3. The zero-order chi connectivity index (χ0) is 10.5. The van der Waals surface area contributed by atoms with Gasteiger partial charge >= 0.3 is 0 Å². The van der Waals surface area contributed by atoms with Gasteiger partial charge in [0.05, 0.1) is 0 Å². The van der Waals surface area contributed by atoms with Crippen molar-refractivity contribution in [2.75, 3.05) is 33.4 Å². The molecule has 1 unspecified atom stereocenters. The van der Waals surface area contributed by atoms with E-state index in [0.717, 1.165) is 25.2 Å². The number of unbranched alkanes of at least 4 members (excludes halogenated alkanes) is 1. The Hall–Kier alpha value is -0.120. The summed E-state index contributed by atoms with van der Waals surface area (Å²) in [5, 5.41) is 3.66. The Morgan fingerprint density at radius 2 is 2.13 bits per heavy atom. The Labute approximate surface area is 93.2 Å². The monoisotopic (exact) mass is 212 g/mol. The van der Waals surface area contributed by atoms with Gasteiger partial charge in [0.25, 0.3) is 0 Å². The maximum Gasteiger partial charge on any atom is 0.0462 e. The highest BCUT2D eigenvalue weighted by Gasteiger charge is 2.33. The maximum absolute atomic E-state index is 5.03. The van der Waals surface area contributed by atoms with Gasteiger partial charge in [-0.2, -0.15) is 0 Å². The summed E-state index contributed by atoms with van der Waals surface area (Å²) in [6.07, 6.45) is 6.66. The first-order chi connectivity index (χ1) is 7.40. The molecule has 88 valence electrons. The molecular weight excluding hydrogens is 188 g/mol. The second kappa shape index (κ2) is 5.83. The number of hydrogen-bond acceptors (Lipinski definition) is 3. The summed E-state index contributed by atoms with van der Waals surface area (Å²) < 4.78 is 5.03. The number of likely N-dealkylation sites (tertiary alicyclic amines) is 1. The van der Waals surface area contributed by atoms with E-state index in [-0.39, 0.29) is 0 Å². The van der Waals surface area contributed by atoms with Crippen LogP contribution in [0.4, 0.5) is 0 Å². The largest absolute Gasteiger partial charge is 0.385 e. The number of nitrogens with one attached hydrogen (secondary N) is 1. The lowest BCUT2D eigenvalue weighted by Gasteiger charge is -2.15. The van der Waals surface area contributed by atoms with Gasteiger partial charge in [-0.15, -0.1) is 0 Å². The zero-order valence-electron chi connectivity index (χ0n) is 9.87. The Morgan fingerprint density at radius 3 is 2.87 bits per heavy atom. The second-order valence-electron chi connectivity index (χ2n) is 4.87. The molecule has 0 amide bonds. The number of hydrogen-bond donors (Lipinski definition) is 1. The summed E-state index contributed by atoms with van der Waals surface area (Å²) in [5.74, 6) is 0. The molecule has 1 aliphatic carbocycles. The molecule has 3 heteroatoms. The van der Waals surface area contributed by atoms with E-state index >= 15 is 0 Å². The van der Waals surface area contributed by atoms with Crippen molar-refractivity contribution in [1.29, 1.82) is 0 Å². The van der Waals surface area contributed by atoms with E-state index in [1.54, 1.807) is 7.11 Å². The molecule has 0 aromatic carbocycles. The van der Waals surface area contributed by atoms with Gasteiger partial charge in [-0.25, -0.2) is 0 Å². The van der Waals surface area contributed by atoms with E-state index < -0.39 is 0 Å². The van der Waals surface area contributed by atoms with Gasteiger partial charge in [-0.1, -0.05) is 0 Å². The topological polar surface area (TPSA) is 24.5 Å². The van der Waals surface area contributed by atoms with Gasteiger partial charge in [-0.3, -0.25) is 4.90 Å². The van der Waals surface area contributed by atoms with Crippen LogP contribution < -0.4 is 5.32 Å². The molecule has 1 saturated carbocycles. The highest BCUT2D eigenvalue weighted by molar-refractivity contribution is 4.91. The first-order valence-electron chi connectivity index (χ1n) is 6.36. The fourth-order valence-corrected chi connectivity index (χ4v) is 2.40. The van der Waals surface area contributed by atoms with Crippen LogP contribution in [0.25, 0.3) is 0 Å². The number of nitrogens with zero attached hydrogens (tertiary/aromatic N) is 1. The molecule has 2 aliphatic rings. The van der Waals surface area contributed by atoms with Crippen molar-refractivity contribution in [2.45, 2.75) is 44.2 Å². The van der Waals surface area contributed by atoms with Crippen molar-refractivity contribution in [1.82, 2.24) is 10.2 Å². The number of rotatable bonds is 7. The Kier molecular flexibility index (Phi) is 4.42. The van der Waals surface area contributed by atoms with E-state index in [4.69, 9.17) is 4.74 Å². The quantitative estimate of drug-likeness (QED) is 0.643. The highest BCUT2D eigenvalue weighted by atomic mass is 16.5. The first kappa shape index (κ1) is 11.4. The molecule has 1 saturated heterocycles. The van der Waals surface area contributed by atoms with Gasteiger partial charge in [0.2, 0.25) is 0 Å². The van der Waals surface area contributed by atoms with Gasteiger partial charge in [0.15, 0.2) is 0 Å². The predicted molar refractivity (Wildman–Crippen MR) is 62.1 cm³/mol. The zero-order valence-corrected chi connectivity index (χ0v) is 9.87. The third kappa shape index (κ3) is 3.74. The van der Waals surface area contributed by atoms with E-state index in [9.17, 15) is 0 Å². The minimum Gasteiger partial charge on any atom is -0.385 e. The molecule has 0 spiro atoms. The molecular formula is C12H24N2O. The lowest BCUT2D eigenvalue weighted by atomic mass is 10.2. The van der Waals surface area contributed by atoms with Gasteiger partial charge < -0.3 is 10.1 Å². The number of methoxy groups -OCH3 is 1. The third-order valence-electron chi connectivity index (χ3n) is 3.49. The minimum absolute atomic E-state index is 0.758. The highest BCUT2D eigenvalue weighted by Crippen LogP contribution is 2.29. The first-order valence-corrected chi connectivity index (χ1v) is 6.36. The average molecular weight is 212 g/mol. The third-order valence-corrected chi connectivity index (χ3v) is 3.49. The maximum atomic E-state index is 5.03. The summed E-state index contributed by atoms with van der Waals surface area (Å²) >= 11 is 0. The predicted octanol–water partition coefficient (Wildman–Crippen LogP) is 1.24. The summed E-state index contributed by atoms with van der Waals surface area (Å²) in [6, 6.07) is 1.71. The molecule has 3 nitrogen and oxygen atoms in total. The van der Waals surface area contributed by atoms with Crippen LogP contribution >= 0.6 is 0 Å². The molecule has 0 aromatic heterocycles. The summed E-state index contributed by atoms with van der Waals surface area (Å²) in [5.41, 5.74) is 0. The van der Waals surface area contributed by atoms with Crippen molar-refractivity contribution >= 4 is 0 Å². The van der Waals surface area contributed by atoms with Crippen LogP contribution in [0.5, 0.6) is 0 Å². The average Bonchev–Trinajstić information content (AvgIpc) is 2.99. The van der Waals surface area contributed by atoms with E-state index in [1.807, 2.05) is 0 Å². The molecule has 1 N–H and O–H groups in total. The van der Waals surface area contributed by atoms with E-state index in [0.29, 0.717) is 0 Å². The lowest BCUT2D eigenvalue weighted by molar-refractivity contribution is 0.192. The molecule has 15 heavy (non-hydrogen) atoms. The van der Waals surface area contributed by atoms with Crippen LogP contribution in [0.2, 0.25) is 0 Å². The minimum atomic E-state index is 0.758. The van der Waals surface area contributed by atoms with Crippen LogP contribution in [-0.4, -0.2) is 50.3 Å².